The van der Waals surface area contributed by atoms with Crippen LogP contribution in [0.4, 0.5) is 5.69 Å². The van der Waals surface area contributed by atoms with Gasteiger partial charge in [-0.1, -0.05) is 54.6 Å². The van der Waals surface area contributed by atoms with Crippen LogP contribution in [-0.2, 0) is 17.8 Å². The fourth-order valence-corrected chi connectivity index (χ4v) is 3.24. The number of carbonyl (C=O) groups excluding carboxylic acids is 1. The molecule has 32 heavy (non-hydrogen) atoms. The zero-order valence-corrected chi connectivity index (χ0v) is 18.8. The van der Waals surface area contributed by atoms with Crippen molar-refractivity contribution in [3.8, 4) is 11.5 Å². The van der Waals surface area contributed by atoms with Gasteiger partial charge in [0.25, 0.3) is 0 Å². The molecule has 2 N–H and O–H groups in total. The number of amides is 1. The van der Waals surface area contributed by atoms with Gasteiger partial charge in [0.05, 0.1) is 24.9 Å². The number of rotatable bonds is 12. The van der Waals surface area contributed by atoms with Gasteiger partial charge in [0.15, 0.2) is 0 Å². The molecule has 0 aliphatic rings. The summed E-state index contributed by atoms with van der Waals surface area (Å²) in [4.78, 5) is 12.3. The maximum absolute atomic E-state index is 12.3. The van der Waals surface area contributed by atoms with Crippen LogP contribution in [0.25, 0.3) is 0 Å². The van der Waals surface area contributed by atoms with Crippen LogP contribution in [0.3, 0.4) is 0 Å². The Morgan fingerprint density at radius 3 is 2.34 bits per heavy atom. The van der Waals surface area contributed by atoms with Gasteiger partial charge in [-0.05, 0) is 62.1 Å². The highest BCUT2D eigenvalue weighted by Crippen LogP contribution is 2.23. The Kier molecular flexibility index (Phi) is 8.99. The summed E-state index contributed by atoms with van der Waals surface area (Å²) < 4.78 is 11.6. The van der Waals surface area contributed by atoms with Gasteiger partial charge >= 0.3 is 0 Å². The Morgan fingerprint density at radius 1 is 0.875 bits per heavy atom. The molecule has 3 aromatic carbocycles. The number of para-hydroxylation sites is 2. The van der Waals surface area contributed by atoms with Gasteiger partial charge in [-0.25, -0.2) is 0 Å². The third-order valence-corrected chi connectivity index (χ3v) is 4.82. The molecule has 5 heteroatoms. The molecule has 0 saturated carbocycles. The van der Waals surface area contributed by atoms with Crippen molar-refractivity contribution in [2.24, 2.45) is 0 Å². The molecule has 0 fully saturated rings. The standard InChI is InChI=1S/C27H32N2O3/c1-21(2)32-24-16-14-23(15-17-24)19-29-27(30)20-28-25-12-6-7-13-26(25)31-18-8-11-22-9-4-3-5-10-22/h3-7,9-10,12-17,21,28H,8,11,18-20H2,1-2H3,(H,29,30). The van der Waals surface area contributed by atoms with E-state index in [2.05, 4.69) is 34.9 Å². The van der Waals surface area contributed by atoms with Crippen molar-refractivity contribution in [1.29, 1.82) is 0 Å². The molecule has 3 rings (SSSR count). The third kappa shape index (κ3) is 7.99. The molecule has 1 amide bonds. The van der Waals surface area contributed by atoms with Gasteiger partial charge in [0.2, 0.25) is 5.91 Å². The van der Waals surface area contributed by atoms with Crippen molar-refractivity contribution in [3.63, 3.8) is 0 Å². The van der Waals surface area contributed by atoms with E-state index in [9.17, 15) is 4.79 Å². The average Bonchev–Trinajstić information content (AvgIpc) is 2.81. The van der Waals surface area contributed by atoms with E-state index in [1.165, 1.54) is 5.56 Å². The Hall–Kier alpha value is -3.47. The zero-order chi connectivity index (χ0) is 22.6. The number of benzene rings is 3. The second-order valence-corrected chi connectivity index (χ2v) is 7.87. The van der Waals surface area contributed by atoms with Crippen molar-refractivity contribution >= 4 is 11.6 Å². The minimum Gasteiger partial charge on any atom is -0.491 e. The number of nitrogens with one attached hydrogen (secondary N) is 2. The van der Waals surface area contributed by atoms with Crippen LogP contribution in [0.2, 0.25) is 0 Å². The molecule has 0 bridgehead atoms. The topological polar surface area (TPSA) is 59.6 Å². The fourth-order valence-electron chi connectivity index (χ4n) is 3.24. The van der Waals surface area contributed by atoms with E-state index in [0.717, 1.165) is 35.6 Å². The van der Waals surface area contributed by atoms with E-state index >= 15 is 0 Å². The smallest absolute Gasteiger partial charge is 0.239 e. The molecular formula is C27H32N2O3. The second kappa shape index (κ2) is 12.4. The number of ether oxygens (including phenoxy) is 2. The first kappa shape index (κ1) is 23.2. The van der Waals surface area contributed by atoms with Crippen LogP contribution < -0.4 is 20.1 Å². The molecule has 0 spiro atoms. The fraction of sp³-hybridized carbons (Fsp3) is 0.296. The highest BCUT2D eigenvalue weighted by molar-refractivity contribution is 5.81. The maximum Gasteiger partial charge on any atom is 0.239 e. The minimum absolute atomic E-state index is 0.0774. The molecule has 0 radical (unpaired) electrons. The van der Waals surface area contributed by atoms with Crippen LogP contribution in [-0.4, -0.2) is 25.2 Å². The van der Waals surface area contributed by atoms with E-state index < -0.39 is 0 Å². The molecule has 0 saturated heterocycles. The highest BCUT2D eigenvalue weighted by atomic mass is 16.5. The largest absolute Gasteiger partial charge is 0.491 e. The molecule has 0 heterocycles. The molecule has 3 aromatic rings. The minimum atomic E-state index is -0.0774. The van der Waals surface area contributed by atoms with E-state index in [4.69, 9.17) is 9.47 Å². The summed E-state index contributed by atoms with van der Waals surface area (Å²) >= 11 is 0. The van der Waals surface area contributed by atoms with Crippen LogP contribution in [0, 0.1) is 0 Å². The monoisotopic (exact) mass is 432 g/mol. The predicted octanol–water partition coefficient (Wildman–Crippen LogP) is 5.21. The summed E-state index contributed by atoms with van der Waals surface area (Å²) in [6.45, 7) is 5.26. The first-order valence-corrected chi connectivity index (χ1v) is 11.1. The van der Waals surface area contributed by atoms with Crippen molar-refractivity contribution in [3.05, 3.63) is 90.0 Å². The average molecular weight is 433 g/mol. The van der Waals surface area contributed by atoms with Crippen molar-refractivity contribution in [2.75, 3.05) is 18.5 Å². The summed E-state index contributed by atoms with van der Waals surface area (Å²) in [5, 5.41) is 6.12. The Bertz CT molecular complexity index is 956. The summed E-state index contributed by atoms with van der Waals surface area (Å²) in [7, 11) is 0. The number of anilines is 1. The Morgan fingerprint density at radius 2 is 1.59 bits per heavy atom. The quantitative estimate of drug-likeness (QED) is 0.386. The highest BCUT2D eigenvalue weighted by Gasteiger charge is 2.06. The zero-order valence-electron chi connectivity index (χ0n) is 18.8. The van der Waals surface area contributed by atoms with Gasteiger partial charge < -0.3 is 20.1 Å². The molecule has 0 aliphatic carbocycles. The second-order valence-electron chi connectivity index (χ2n) is 7.87. The van der Waals surface area contributed by atoms with E-state index in [0.29, 0.717) is 13.2 Å². The van der Waals surface area contributed by atoms with Gasteiger partial charge in [-0.2, -0.15) is 0 Å². The van der Waals surface area contributed by atoms with Gasteiger partial charge in [-0.3, -0.25) is 4.79 Å². The summed E-state index contributed by atoms with van der Waals surface area (Å²) in [6.07, 6.45) is 2.05. The predicted molar refractivity (Wildman–Crippen MR) is 129 cm³/mol. The molecule has 5 nitrogen and oxygen atoms in total. The van der Waals surface area contributed by atoms with Crippen molar-refractivity contribution < 1.29 is 14.3 Å². The SMILES string of the molecule is CC(C)Oc1ccc(CNC(=O)CNc2ccccc2OCCCc2ccccc2)cc1. The Labute approximate surface area is 190 Å². The molecule has 0 aromatic heterocycles. The van der Waals surface area contributed by atoms with E-state index in [1.807, 2.05) is 68.4 Å². The summed E-state index contributed by atoms with van der Waals surface area (Å²) in [5.74, 6) is 1.51. The third-order valence-electron chi connectivity index (χ3n) is 4.82. The number of hydrogen-bond acceptors (Lipinski definition) is 4. The van der Waals surface area contributed by atoms with Crippen molar-refractivity contribution in [2.45, 2.75) is 39.3 Å². The van der Waals surface area contributed by atoms with E-state index in [1.54, 1.807) is 0 Å². The Balaban J connectivity index is 1.40. The van der Waals surface area contributed by atoms with Crippen LogP contribution >= 0.6 is 0 Å². The first-order chi connectivity index (χ1) is 15.6. The summed E-state index contributed by atoms with van der Waals surface area (Å²) in [6, 6.07) is 25.9. The summed E-state index contributed by atoms with van der Waals surface area (Å²) in [5.41, 5.74) is 3.15. The lowest BCUT2D eigenvalue weighted by Crippen LogP contribution is -2.29. The number of carbonyl (C=O) groups is 1. The number of aryl methyl sites for hydroxylation is 1. The molecule has 168 valence electrons. The van der Waals surface area contributed by atoms with Crippen LogP contribution in [0.5, 0.6) is 11.5 Å². The normalized spacial score (nSPS) is 10.6. The lowest BCUT2D eigenvalue weighted by Gasteiger charge is -2.13. The van der Waals surface area contributed by atoms with Crippen molar-refractivity contribution in [1.82, 2.24) is 5.32 Å². The van der Waals surface area contributed by atoms with Gasteiger partial charge in [0, 0.05) is 6.54 Å². The first-order valence-electron chi connectivity index (χ1n) is 11.1. The molecule has 0 aliphatic heterocycles. The molecular weight excluding hydrogens is 400 g/mol. The molecule has 0 atom stereocenters. The maximum atomic E-state index is 12.3. The molecule has 0 unspecified atom stereocenters. The van der Waals surface area contributed by atoms with Gasteiger partial charge in [-0.15, -0.1) is 0 Å². The number of hydrogen-bond donors (Lipinski definition) is 2. The van der Waals surface area contributed by atoms with E-state index in [-0.39, 0.29) is 18.6 Å². The lowest BCUT2D eigenvalue weighted by atomic mass is 10.1. The van der Waals surface area contributed by atoms with Crippen LogP contribution in [0.15, 0.2) is 78.9 Å². The van der Waals surface area contributed by atoms with Crippen LogP contribution in [0.1, 0.15) is 31.4 Å². The van der Waals surface area contributed by atoms with Gasteiger partial charge in [0.1, 0.15) is 11.5 Å². The lowest BCUT2D eigenvalue weighted by molar-refractivity contribution is -0.119.